The Kier molecular flexibility index (Phi) is 2.80. The largest absolute Gasteiger partial charge is 0.325 e. The molecular formula is C17H17N5O2. The van der Waals surface area contributed by atoms with Crippen LogP contribution in [0.15, 0.2) is 34.2 Å². The van der Waals surface area contributed by atoms with E-state index in [1.54, 1.807) is 16.9 Å². The normalized spacial score (nSPS) is 22.8. The fourth-order valence-electron chi connectivity index (χ4n) is 3.62. The highest BCUT2D eigenvalue weighted by molar-refractivity contribution is 5.62. The van der Waals surface area contributed by atoms with Crippen LogP contribution >= 0.6 is 0 Å². The molecule has 3 heterocycles. The van der Waals surface area contributed by atoms with Crippen molar-refractivity contribution in [2.24, 2.45) is 11.8 Å². The van der Waals surface area contributed by atoms with Crippen LogP contribution in [-0.2, 0) is 0 Å². The van der Waals surface area contributed by atoms with Crippen molar-refractivity contribution in [3.63, 3.8) is 0 Å². The second kappa shape index (κ2) is 4.90. The van der Waals surface area contributed by atoms with Crippen LogP contribution < -0.4 is 11.2 Å². The molecule has 0 spiro atoms. The highest BCUT2D eigenvalue weighted by atomic mass is 16.2. The topological polar surface area (TPSA) is 95.9 Å². The first-order chi connectivity index (χ1) is 11.7. The maximum absolute atomic E-state index is 12.1. The van der Waals surface area contributed by atoms with E-state index in [-0.39, 0.29) is 0 Å². The Morgan fingerprint density at radius 3 is 2.96 bits per heavy atom. The van der Waals surface area contributed by atoms with Gasteiger partial charge >= 0.3 is 5.69 Å². The molecule has 7 heteroatoms. The lowest BCUT2D eigenvalue weighted by molar-refractivity contribution is 0.636. The molecule has 2 N–H and O–H groups in total. The molecule has 2 atom stereocenters. The zero-order valence-electron chi connectivity index (χ0n) is 13.0. The molecule has 0 saturated heterocycles. The van der Waals surface area contributed by atoms with E-state index >= 15 is 0 Å². The molecule has 122 valence electrons. The number of nitrogens with zero attached hydrogens (tertiary/aromatic N) is 3. The summed E-state index contributed by atoms with van der Waals surface area (Å²) in [6.45, 7) is 0. The quantitative estimate of drug-likeness (QED) is 0.763. The zero-order valence-corrected chi connectivity index (χ0v) is 13.0. The summed E-state index contributed by atoms with van der Waals surface area (Å²) in [6, 6.07) is 1.96. The van der Waals surface area contributed by atoms with E-state index in [4.69, 9.17) is 0 Å². The van der Waals surface area contributed by atoms with E-state index in [0.29, 0.717) is 17.2 Å². The molecule has 2 saturated carbocycles. The average molecular weight is 323 g/mol. The molecule has 24 heavy (non-hydrogen) atoms. The monoisotopic (exact) mass is 323 g/mol. The van der Waals surface area contributed by atoms with Gasteiger partial charge in [-0.15, -0.1) is 0 Å². The Balaban J connectivity index is 1.60. The fraction of sp³-hybridized carbons (Fsp3) is 0.412. The minimum absolute atomic E-state index is 0.367. The first-order valence-electron chi connectivity index (χ1n) is 8.35. The van der Waals surface area contributed by atoms with Crippen LogP contribution in [0.5, 0.6) is 0 Å². The average Bonchev–Trinajstić information content (AvgIpc) is 3.47. The van der Waals surface area contributed by atoms with E-state index in [0.717, 1.165) is 23.0 Å². The van der Waals surface area contributed by atoms with Gasteiger partial charge in [-0.05, 0) is 36.7 Å². The van der Waals surface area contributed by atoms with Crippen LogP contribution in [0.1, 0.15) is 37.2 Å². The predicted octanol–water partition coefficient (Wildman–Crippen LogP) is 1.68. The Labute approximate surface area is 136 Å². The van der Waals surface area contributed by atoms with Gasteiger partial charge in [0, 0.05) is 24.2 Å². The van der Waals surface area contributed by atoms with Crippen molar-refractivity contribution >= 4 is 5.65 Å². The van der Waals surface area contributed by atoms with Crippen LogP contribution in [0.3, 0.4) is 0 Å². The van der Waals surface area contributed by atoms with E-state index in [1.807, 2.05) is 6.07 Å². The molecule has 0 unspecified atom stereocenters. The lowest BCUT2D eigenvalue weighted by atomic mass is 10.1. The summed E-state index contributed by atoms with van der Waals surface area (Å²) in [5.41, 5.74) is 2.00. The van der Waals surface area contributed by atoms with Gasteiger partial charge in [0.25, 0.3) is 5.56 Å². The van der Waals surface area contributed by atoms with E-state index < -0.39 is 11.2 Å². The Hall–Kier alpha value is -2.70. The number of aromatic amines is 2. The molecule has 2 fully saturated rings. The van der Waals surface area contributed by atoms with Gasteiger partial charge in [0.2, 0.25) is 0 Å². The maximum Gasteiger partial charge on any atom is 0.325 e. The van der Waals surface area contributed by atoms with Crippen LogP contribution in [0.2, 0.25) is 0 Å². The van der Waals surface area contributed by atoms with E-state index in [2.05, 4.69) is 20.1 Å². The standard InChI is InChI=1S/C17H17N5O2/c23-16-13(8-19-17(24)20-16)14-7-12(15-18-3-4-22(15)21-14)11-6-10(11)5-9-1-2-9/h3-4,7-11H,1-2,5-6H2,(H2,19,20,23,24)/t10-,11-/m0/s1. The van der Waals surface area contributed by atoms with Gasteiger partial charge in [-0.1, -0.05) is 12.8 Å². The van der Waals surface area contributed by atoms with Gasteiger partial charge in [-0.3, -0.25) is 9.78 Å². The second-order valence-corrected chi connectivity index (χ2v) is 6.95. The molecule has 0 aliphatic heterocycles. The zero-order chi connectivity index (χ0) is 16.3. The molecular weight excluding hydrogens is 306 g/mol. The summed E-state index contributed by atoms with van der Waals surface area (Å²) < 4.78 is 1.72. The highest BCUT2D eigenvalue weighted by Gasteiger charge is 2.43. The van der Waals surface area contributed by atoms with Crippen LogP contribution in [-0.4, -0.2) is 24.6 Å². The number of hydrogen-bond acceptors (Lipinski definition) is 4. The number of rotatable bonds is 4. The second-order valence-electron chi connectivity index (χ2n) is 6.95. The van der Waals surface area contributed by atoms with Crippen molar-refractivity contribution in [2.75, 3.05) is 0 Å². The minimum Gasteiger partial charge on any atom is -0.313 e. The Morgan fingerprint density at radius 2 is 2.17 bits per heavy atom. The van der Waals surface area contributed by atoms with Gasteiger partial charge in [0.1, 0.15) is 0 Å². The first kappa shape index (κ1) is 13.7. The molecule has 2 aliphatic carbocycles. The maximum atomic E-state index is 12.1. The Morgan fingerprint density at radius 1 is 1.29 bits per heavy atom. The third-order valence-corrected chi connectivity index (χ3v) is 5.14. The molecule has 0 bridgehead atoms. The van der Waals surface area contributed by atoms with Crippen LogP contribution in [0.25, 0.3) is 16.9 Å². The number of aromatic nitrogens is 5. The van der Waals surface area contributed by atoms with Crippen LogP contribution in [0, 0.1) is 11.8 Å². The molecule has 0 amide bonds. The van der Waals surface area contributed by atoms with Gasteiger partial charge in [-0.2, -0.15) is 5.10 Å². The predicted molar refractivity (Wildman–Crippen MR) is 87.9 cm³/mol. The molecule has 7 nitrogen and oxygen atoms in total. The van der Waals surface area contributed by atoms with Crippen molar-refractivity contribution in [2.45, 2.75) is 31.6 Å². The van der Waals surface area contributed by atoms with Crippen molar-refractivity contribution in [3.05, 3.63) is 51.1 Å². The highest BCUT2D eigenvalue weighted by Crippen LogP contribution is 2.55. The smallest absolute Gasteiger partial charge is 0.313 e. The van der Waals surface area contributed by atoms with Crippen molar-refractivity contribution in [1.82, 2.24) is 24.6 Å². The minimum atomic E-state index is -0.514. The first-order valence-corrected chi connectivity index (χ1v) is 8.35. The summed E-state index contributed by atoms with van der Waals surface area (Å²) in [4.78, 5) is 32.5. The summed E-state index contributed by atoms with van der Waals surface area (Å²) in [7, 11) is 0. The van der Waals surface area contributed by atoms with Gasteiger partial charge in [0.15, 0.2) is 5.65 Å². The summed E-state index contributed by atoms with van der Waals surface area (Å²) in [5, 5.41) is 4.48. The number of hydrogen-bond donors (Lipinski definition) is 2. The van der Waals surface area contributed by atoms with E-state index in [1.165, 1.54) is 31.9 Å². The number of fused-ring (bicyclic) bond motifs is 1. The molecule has 3 aromatic heterocycles. The summed E-state index contributed by atoms with van der Waals surface area (Å²) in [6.07, 6.45) is 10.2. The van der Waals surface area contributed by atoms with Gasteiger partial charge < -0.3 is 4.98 Å². The molecule has 0 aromatic carbocycles. The molecule has 0 radical (unpaired) electrons. The lowest BCUT2D eigenvalue weighted by Gasteiger charge is -2.07. The molecule has 5 rings (SSSR count). The SMILES string of the molecule is O=c1[nH]cc(-c2cc([C@H]3C[C@@H]3CC3CC3)c3nccn3n2)c(=O)[nH]1. The van der Waals surface area contributed by atoms with Gasteiger partial charge in [-0.25, -0.2) is 14.3 Å². The number of nitrogens with one attached hydrogen (secondary N) is 2. The third kappa shape index (κ3) is 2.28. The van der Waals surface area contributed by atoms with Crippen molar-refractivity contribution in [3.8, 4) is 11.3 Å². The molecule has 2 aliphatic rings. The van der Waals surface area contributed by atoms with Crippen LogP contribution in [0.4, 0.5) is 0 Å². The van der Waals surface area contributed by atoms with Crippen molar-refractivity contribution in [1.29, 1.82) is 0 Å². The fourth-order valence-corrected chi connectivity index (χ4v) is 3.62. The summed E-state index contributed by atoms with van der Waals surface area (Å²) in [5.74, 6) is 2.14. The van der Waals surface area contributed by atoms with E-state index in [9.17, 15) is 9.59 Å². The van der Waals surface area contributed by atoms with Gasteiger partial charge in [0.05, 0.1) is 11.3 Å². The third-order valence-electron chi connectivity index (χ3n) is 5.14. The number of H-pyrrole nitrogens is 2. The van der Waals surface area contributed by atoms with Crippen molar-refractivity contribution < 1.29 is 0 Å². The molecule has 3 aromatic rings. The summed E-state index contributed by atoms with van der Waals surface area (Å²) >= 11 is 0. The lowest BCUT2D eigenvalue weighted by Crippen LogP contribution is -2.23. The Bertz CT molecular complexity index is 1040. The number of imidazole rings is 1.